The van der Waals surface area contributed by atoms with Gasteiger partial charge in [-0.05, 0) is 42.0 Å². The highest BCUT2D eigenvalue weighted by atomic mass is 32.1. The fraction of sp³-hybridized carbons (Fsp3) is 0.118. The Morgan fingerprint density at radius 3 is 2.64 bits per heavy atom. The molecule has 112 valence electrons. The molecule has 0 aliphatic rings. The second-order valence-electron chi connectivity index (χ2n) is 4.65. The summed E-state index contributed by atoms with van der Waals surface area (Å²) < 4.78 is 11.3. The quantitative estimate of drug-likeness (QED) is 0.784. The zero-order valence-electron chi connectivity index (χ0n) is 12.2. The van der Waals surface area contributed by atoms with E-state index in [1.54, 1.807) is 30.6 Å². The molecule has 1 aromatic heterocycles. The third kappa shape index (κ3) is 2.89. The largest absolute Gasteiger partial charge is 0.504 e. The van der Waals surface area contributed by atoms with E-state index in [4.69, 9.17) is 9.47 Å². The maximum absolute atomic E-state index is 9.77. The van der Waals surface area contributed by atoms with Gasteiger partial charge in [0.15, 0.2) is 11.5 Å². The normalized spacial score (nSPS) is 11.2. The molecule has 0 aliphatic heterocycles. The van der Waals surface area contributed by atoms with Gasteiger partial charge in [-0.15, -0.1) is 11.3 Å². The van der Waals surface area contributed by atoms with E-state index >= 15 is 0 Å². The van der Waals surface area contributed by atoms with Crippen LogP contribution in [0.2, 0.25) is 0 Å². The van der Waals surface area contributed by atoms with E-state index in [1.807, 2.05) is 36.4 Å². The molecule has 0 bridgehead atoms. The molecule has 0 saturated carbocycles. The second kappa shape index (κ2) is 6.07. The highest BCUT2D eigenvalue weighted by molar-refractivity contribution is 7.19. The number of thiazole rings is 1. The Labute approximate surface area is 132 Å². The fourth-order valence-corrected chi connectivity index (χ4v) is 3.00. The summed E-state index contributed by atoms with van der Waals surface area (Å²) in [6, 6.07) is 11.1. The lowest BCUT2D eigenvalue weighted by molar-refractivity contribution is 0.373. The van der Waals surface area contributed by atoms with E-state index in [-0.39, 0.29) is 5.75 Å². The van der Waals surface area contributed by atoms with Gasteiger partial charge in [0, 0.05) is 0 Å². The summed E-state index contributed by atoms with van der Waals surface area (Å²) in [5.41, 5.74) is 1.83. The molecule has 1 N–H and O–H groups in total. The molecule has 0 unspecified atom stereocenters. The lowest BCUT2D eigenvalue weighted by Crippen LogP contribution is -1.83. The number of ether oxygens (including phenoxy) is 2. The van der Waals surface area contributed by atoms with Gasteiger partial charge in [0.1, 0.15) is 10.8 Å². The van der Waals surface area contributed by atoms with Crippen LogP contribution in [0.3, 0.4) is 0 Å². The van der Waals surface area contributed by atoms with Crippen LogP contribution in [0, 0.1) is 0 Å². The number of aromatic nitrogens is 1. The van der Waals surface area contributed by atoms with E-state index in [2.05, 4.69) is 4.98 Å². The molecule has 0 saturated heterocycles. The number of aromatic hydroxyl groups is 1. The molecule has 0 fully saturated rings. The number of phenols is 1. The number of hydrogen-bond acceptors (Lipinski definition) is 5. The minimum Gasteiger partial charge on any atom is -0.504 e. The van der Waals surface area contributed by atoms with Crippen molar-refractivity contribution in [1.82, 2.24) is 4.98 Å². The van der Waals surface area contributed by atoms with Crippen molar-refractivity contribution in [2.75, 3.05) is 14.2 Å². The number of phenolic OH excluding ortho intramolecular Hbond substituents is 1. The molecule has 2 aromatic carbocycles. The first kappa shape index (κ1) is 14.4. The molecular weight excluding hydrogens is 298 g/mol. The highest BCUT2D eigenvalue weighted by Crippen LogP contribution is 2.29. The Morgan fingerprint density at radius 2 is 1.91 bits per heavy atom. The lowest BCUT2D eigenvalue weighted by atomic mass is 10.2. The van der Waals surface area contributed by atoms with Crippen LogP contribution in [0.4, 0.5) is 0 Å². The SMILES string of the molecule is COc1ccc2nc(/C=C/c3ccc(OC)c(O)c3)sc2c1. The van der Waals surface area contributed by atoms with Gasteiger partial charge < -0.3 is 14.6 Å². The maximum atomic E-state index is 9.77. The summed E-state index contributed by atoms with van der Waals surface area (Å²) >= 11 is 1.59. The molecule has 0 aliphatic carbocycles. The van der Waals surface area contributed by atoms with Gasteiger partial charge in [-0.25, -0.2) is 4.98 Å². The second-order valence-corrected chi connectivity index (χ2v) is 5.71. The summed E-state index contributed by atoms with van der Waals surface area (Å²) in [5.74, 6) is 1.41. The topological polar surface area (TPSA) is 51.6 Å². The summed E-state index contributed by atoms with van der Waals surface area (Å²) in [6.45, 7) is 0. The first-order chi connectivity index (χ1) is 10.7. The van der Waals surface area contributed by atoms with Crippen LogP contribution in [0.15, 0.2) is 36.4 Å². The van der Waals surface area contributed by atoms with Crippen molar-refractivity contribution in [3.63, 3.8) is 0 Å². The molecule has 3 aromatic rings. The van der Waals surface area contributed by atoms with Gasteiger partial charge in [0.25, 0.3) is 0 Å². The molecule has 0 amide bonds. The summed E-state index contributed by atoms with van der Waals surface area (Å²) in [6.07, 6.45) is 3.84. The third-order valence-corrected chi connectivity index (χ3v) is 4.22. The zero-order valence-corrected chi connectivity index (χ0v) is 13.1. The minimum atomic E-state index is 0.124. The van der Waals surface area contributed by atoms with Crippen LogP contribution in [-0.4, -0.2) is 24.3 Å². The van der Waals surface area contributed by atoms with Crippen molar-refractivity contribution in [1.29, 1.82) is 0 Å². The number of benzene rings is 2. The van der Waals surface area contributed by atoms with Crippen LogP contribution in [0.5, 0.6) is 17.2 Å². The van der Waals surface area contributed by atoms with Crippen LogP contribution >= 0.6 is 11.3 Å². The Morgan fingerprint density at radius 1 is 1.05 bits per heavy atom. The van der Waals surface area contributed by atoms with Crippen molar-refractivity contribution in [3.05, 3.63) is 47.0 Å². The number of methoxy groups -OCH3 is 2. The molecule has 22 heavy (non-hydrogen) atoms. The van der Waals surface area contributed by atoms with Crippen LogP contribution in [0.1, 0.15) is 10.6 Å². The van der Waals surface area contributed by atoms with E-state index in [0.29, 0.717) is 5.75 Å². The van der Waals surface area contributed by atoms with Crippen molar-refractivity contribution in [3.8, 4) is 17.2 Å². The number of fused-ring (bicyclic) bond motifs is 1. The first-order valence-corrected chi connectivity index (χ1v) is 7.51. The summed E-state index contributed by atoms with van der Waals surface area (Å²) in [7, 11) is 3.18. The molecule has 3 rings (SSSR count). The average Bonchev–Trinajstić information content (AvgIpc) is 2.94. The lowest BCUT2D eigenvalue weighted by Gasteiger charge is -2.02. The van der Waals surface area contributed by atoms with Gasteiger partial charge in [0.05, 0.1) is 24.4 Å². The van der Waals surface area contributed by atoms with Gasteiger partial charge in [-0.3, -0.25) is 0 Å². The van der Waals surface area contributed by atoms with Gasteiger partial charge in [-0.1, -0.05) is 12.1 Å². The van der Waals surface area contributed by atoms with Gasteiger partial charge in [-0.2, -0.15) is 0 Å². The summed E-state index contributed by atoms with van der Waals surface area (Å²) in [4.78, 5) is 4.55. The standard InChI is InChI=1S/C17H15NO3S/c1-20-12-5-6-13-16(10-12)22-17(18-13)8-4-11-3-7-15(21-2)14(19)9-11/h3-10,19H,1-2H3/b8-4+. The molecule has 5 heteroatoms. The highest BCUT2D eigenvalue weighted by Gasteiger charge is 2.04. The molecule has 0 spiro atoms. The minimum absolute atomic E-state index is 0.124. The van der Waals surface area contributed by atoms with Crippen LogP contribution in [0.25, 0.3) is 22.4 Å². The first-order valence-electron chi connectivity index (χ1n) is 6.69. The number of rotatable bonds is 4. The van der Waals surface area contributed by atoms with E-state index in [9.17, 15) is 5.11 Å². The van der Waals surface area contributed by atoms with Crippen molar-refractivity contribution < 1.29 is 14.6 Å². The zero-order chi connectivity index (χ0) is 15.5. The number of nitrogens with zero attached hydrogens (tertiary/aromatic N) is 1. The Hall–Kier alpha value is -2.53. The Kier molecular flexibility index (Phi) is 3.98. The van der Waals surface area contributed by atoms with Crippen LogP contribution in [-0.2, 0) is 0 Å². The smallest absolute Gasteiger partial charge is 0.160 e. The number of hydrogen-bond donors (Lipinski definition) is 1. The van der Waals surface area contributed by atoms with E-state index in [0.717, 1.165) is 26.5 Å². The van der Waals surface area contributed by atoms with Crippen molar-refractivity contribution >= 4 is 33.7 Å². The molecule has 0 radical (unpaired) electrons. The maximum Gasteiger partial charge on any atom is 0.160 e. The monoisotopic (exact) mass is 313 g/mol. The Balaban J connectivity index is 1.87. The van der Waals surface area contributed by atoms with Gasteiger partial charge in [0.2, 0.25) is 0 Å². The molecular formula is C17H15NO3S. The van der Waals surface area contributed by atoms with E-state index in [1.165, 1.54) is 7.11 Å². The van der Waals surface area contributed by atoms with Gasteiger partial charge >= 0.3 is 0 Å². The van der Waals surface area contributed by atoms with Crippen molar-refractivity contribution in [2.45, 2.75) is 0 Å². The molecule has 4 nitrogen and oxygen atoms in total. The fourth-order valence-electron chi connectivity index (χ4n) is 2.10. The average molecular weight is 313 g/mol. The Bertz CT molecular complexity index is 839. The van der Waals surface area contributed by atoms with Crippen molar-refractivity contribution in [2.24, 2.45) is 0 Å². The third-order valence-electron chi connectivity index (χ3n) is 3.23. The molecule has 1 heterocycles. The van der Waals surface area contributed by atoms with Crippen LogP contribution < -0.4 is 9.47 Å². The molecule has 0 atom stereocenters. The predicted molar refractivity (Wildman–Crippen MR) is 89.8 cm³/mol. The predicted octanol–water partition coefficient (Wildman–Crippen LogP) is 4.19. The summed E-state index contributed by atoms with van der Waals surface area (Å²) in [5, 5.41) is 10.7. The van der Waals surface area contributed by atoms with E-state index < -0.39 is 0 Å².